The van der Waals surface area contributed by atoms with Gasteiger partial charge in [0.1, 0.15) is 5.76 Å². The van der Waals surface area contributed by atoms with Crippen molar-refractivity contribution in [1.82, 2.24) is 25.0 Å². The van der Waals surface area contributed by atoms with Gasteiger partial charge in [-0.1, -0.05) is 5.16 Å². The Morgan fingerprint density at radius 1 is 1.25 bits per heavy atom. The average molecular weight is 377 g/mol. The zero-order valence-electron chi connectivity index (χ0n) is 16.1. The van der Waals surface area contributed by atoms with Gasteiger partial charge in [-0.15, -0.1) is 0 Å². The molecule has 28 heavy (non-hydrogen) atoms. The number of carbonyl (C=O) groups is 1. The Bertz CT molecular complexity index is 950. The van der Waals surface area contributed by atoms with Crippen LogP contribution < -0.4 is 0 Å². The number of nitrogens with zero attached hydrogens (tertiary/aromatic N) is 5. The maximum Gasteiger partial charge on any atom is 0.255 e. The standard InChI is InChI=1S/C21H23N5O2/c1-14-20(15(2)28-25-14)19-13-23-12-17(24-19)7-8-18-6-4-10-26(18)21(27)16-5-3-9-22-11-16/h3,5,9,11-13,18H,4,6-8,10H2,1-2H3/t18-/m1/s1. The van der Waals surface area contributed by atoms with E-state index in [9.17, 15) is 4.79 Å². The van der Waals surface area contributed by atoms with Crippen molar-refractivity contribution in [1.29, 1.82) is 0 Å². The predicted octanol–water partition coefficient (Wildman–Crippen LogP) is 3.38. The normalized spacial score (nSPS) is 16.5. The van der Waals surface area contributed by atoms with Gasteiger partial charge in [-0.25, -0.2) is 4.98 Å². The number of aryl methyl sites for hydroxylation is 3. The molecule has 144 valence electrons. The summed E-state index contributed by atoms with van der Waals surface area (Å²) < 4.78 is 5.25. The second-order valence-corrected chi connectivity index (χ2v) is 7.17. The molecule has 4 rings (SSSR count). The van der Waals surface area contributed by atoms with E-state index < -0.39 is 0 Å². The fraction of sp³-hybridized carbons (Fsp3) is 0.381. The van der Waals surface area contributed by atoms with Gasteiger partial charge in [-0.3, -0.25) is 14.8 Å². The first-order valence-corrected chi connectivity index (χ1v) is 9.58. The molecule has 0 spiro atoms. The molecule has 7 nitrogen and oxygen atoms in total. The van der Waals surface area contributed by atoms with E-state index in [0.29, 0.717) is 5.56 Å². The molecule has 0 bridgehead atoms. The quantitative estimate of drug-likeness (QED) is 0.678. The molecular formula is C21H23N5O2. The largest absolute Gasteiger partial charge is 0.361 e. The average Bonchev–Trinajstić information content (AvgIpc) is 3.33. The second-order valence-electron chi connectivity index (χ2n) is 7.17. The molecule has 4 heterocycles. The molecule has 3 aromatic rings. The van der Waals surface area contributed by atoms with Gasteiger partial charge in [-0.2, -0.15) is 0 Å². The van der Waals surface area contributed by atoms with E-state index in [0.717, 1.165) is 60.6 Å². The van der Waals surface area contributed by atoms with Crippen molar-refractivity contribution in [3.8, 4) is 11.3 Å². The first kappa shape index (κ1) is 18.3. The van der Waals surface area contributed by atoms with Crippen LogP contribution in [0.25, 0.3) is 11.3 Å². The van der Waals surface area contributed by atoms with Crippen molar-refractivity contribution >= 4 is 5.91 Å². The lowest BCUT2D eigenvalue weighted by atomic mass is 10.1. The molecule has 1 aliphatic heterocycles. The highest BCUT2D eigenvalue weighted by molar-refractivity contribution is 5.94. The fourth-order valence-electron chi connectivity index (χ4n) is 3.87. The number of hydrogen-bond acceptors (Lipinski definition) is 6. The summed E-state index contributed by atoms with van der Waals surface area (Å²) in [5.74, 6) is 0.805. The topological polar surface area (TPSA) is 85.0 Å². The van der Waals surface area contributed by atoms with Crippen molar-refractivity contribution in [2.24, 2.45) is 0 Å². The lowest BCUT2D eigenvalue weighted by Crippen LogP contribution is -2.35. The van der Waals surface area contributed by atoms with Crippen molar-refractivity contribution in [2.75, 3.05) is 6.54 Å². The van der Waals surface area contributed by atoms with E-state index in [4.69, 9.17) is 9.51 Å². The number of rotatable bonds is 5. The zero-order valence-corrected chi connectivity index (χ0v) is 16.1. The molecule has 0 unspecified atom stereocenters. The van der Waals surface area contributed by atoms with E-state index in [-0.39, 0.29) is 11.9 Å². The minimum atomic E-state index is 0.0613. The van der Waals surface area contributed by atoms with Crippen LogP contribution in [0, 0.1) is 13.8 Å². The van der Waals surface area contributed by atoms with Crippen LogP contribution in [0.3, 0.4) is 0 Å². The molecule has 7 heteroatoms. The molecule has 0 aliphatic carbocycles. The van der Waals surface area contributed by atoms with Crippen molar-refractivity contribution in [3.05, 3.63) is 59.6 Å². The van der Waals surface area contributed by atoms with E-state index in [1.54, 1.807) is 30.9 Å². The molecule has 1 atom stereocenters. The molecule has 0 aromatic carbocycles. The summed E-state index contributed by atoms with van der Waals surface area (Å²) in [6.45, 7) is 4.58. The predicted molar refractivity (Wildman–Crippen MR) is 104 cm³/mol. The smallest absolute Gasteiger partial charge is 0.255 e. The third kappa shape index (κ3) is 3.65. The number of hydrogen-bond donors (Lipinski definition) is 0. The summed E-state index contributed by atoms with van der Waals surface area (Å²) in [7, 11) is 0. The van der Waals surface area contributed by atoms with Gasteiger partial charge >= 0.3 is 0 Å². The Labute approximate surface area is 163 Å². The Kier molecular flexibility index (Phi) is 5.14. The second kappa shape index (κ2) is 7.88. The number of carbonyl (C=O) groups excluding carboxylic acids is 1. The van der Waals surface area contributed by atoms with Crippen LogP contribution in [0.15, 0.2) is 41.4 Å². The van der Waals surface area contributed by atoms with Gasteiger partial charge in [0.2, 0.25) is 0 Å². The van der Waals surface area contributed by atoms with Gasteiger partial charge in [0.25, 0.3) is 5.91 Å². The van der Waals surface area contributed by atoms with Crippen molar-refractivity contribution in [2.45, 2.75) is 45.6 Å². The first-order valence-electron chi connectivity index (χ1n) is 9.58. The molecule has 1 saturated heterocycles. The van der Waals surface area contributed by atoms with E-state index in [1.165, 1.54) is 0 Å². The molecule has 0 saturated carbocycles. The van der Waals surface area contributed by atoms with Gasteiger partial charge in [-0.05, 0) is 51.7 Å². The van der Waals surface area contributed by atoms with Gasteiger partial charge in [0.15, 0.2) is 0 Å². The number of amides is 1. The zero-order chi connectivity index (χ0) is 19.5. The van der Waals surface area contributed by atoms with E-state index >= 15 is 0 Å². The molecule has 3 aromatic heterocycles. The van der Waals surface area contributed by atoms with E-state index in [2.05, 4.69) is 15.1 Å². The summed E-state index contributed by atoms with van der Waals surface area (Å²) >= 11 is 0. The van der Waals surface area contributed by atoms with Crippen LogP contribution in [-0.2, 0) is 6.42 Å². The third-order valence-electron chi connectivity index (χ3n) is 5.25. The molecule has 1 aliphatic rings. The molecule has 0 N–H and O–H groups in total. The highest BCUT2D eigenvalue weighted by atomic mass is 16.5. The van der Waals surface area contributed by atoms with Crippen LogP contribution in [0.2, 0.25) is 0 Å². The third-order valence-corrected chi connectivity index (χ3v) is 5.25. The Balaban J connectivity index is 1.46. The Morgan fingerprint density at radius 3 is 2.89 bits per heavy atom. The van der Waals surface area contributed by atoms with Gasteiger partial charge in [0, 0.05) is 31.2 Å². The Morgan fingerprint density at radius 2 is 2.14 bits per heavy atom. The monoisotopic (exact) mass is 377 g/mol. The maximum atomic E-state index is 12.8. The summed E-state index contributed by atoms with van der Waals surface area (Å²) in [4.78, 5) is 27.9. The maximum absolute atomic E-state index is 12.8. The molecule has 1 fully saturated rings. The lowest BCUT2D eigenvalue weighted by Gasteiger charge is -2.24. The number of pyridine rings is 1. The van der Waals surface area contributed by atoms with Crippen molar-refractivity contribution in [3.63, 3.8) is 0 Å². The summed E-state index contributed by atoms with van der Waals surface area (Å²) in [6, 6.07) is 3.84. The Hall–Kier alpha value is -3.09. The minimum absolute atomic E-state index is 0.0613. The first-order chi connectivity index (χ1) is 13.6. The SMILES string of the molecule is Cc1noc(C)c1-c1cncc(CC[C@H]2CCCN2C(=O)c2cccnc2)n1. The highest BCUT2D eigenvalue weighted by Gasteiger charge is 2.29. The highest BCUT2D eigenvalue weighted by Crippen LogP contribution is 2.26. The lowest BCUT2D eigenvalue weighted by molar-refractivity contribution is 0.0730. The van der Waals surface area contributed by atoms with Crippen molar-refractivity contribution < 1.29 is 9.32 Å². The molecule has 0 radical (unpaired) electrons. The van der Waals surface area contributed by atoms with Crippen LogP contribution in [0.4, 0.5) is 0 Å². The minimum Gasteiger partial charge on any atom is -0.361 e. The van der Waals surface area contributed by atoms with Gasteiger partial charge in [0.05, 0.1) is 34.4 Å². The van der Waals surface area contributed by atoms with Crippen LogP contribution >= 0.6 is 0 Å². The summed E-state index contributed by atoms with van der Waals surface area (Å²) in [6.07, 6.45) is 10.5. The van der Waals surface area contributed by atoms with Crippen LogP contribution in [-0.4, -0.2) is 43.5 Å². The van der Waals surface area contributed by atoms with Gasteiger partial charge < -0.3 is 9.42 Å². The van der Waals surface area contributed by atoms with E-state index in [1.807, 2.05) is 24.8 Å². The summed E-state index contributed by atoms with van der Waals surface area (Å²) in [5.41, 5.74) is 4.06. The molecular weight excluding hydrogens is 354 g/mol. The molecule has 1 amide bonds. The van der Waals surface area contributed by atoms with Crippen LogP contribution in [0.5, 0.6) is 0 Å². The van der Waals surface area contributed by atoms with Crippen LogP contribution in [0.1, 0.15) is 46.8 Å². The number of likely N-dealkylation sites (tertiary alicyclic amines) is 1. The fourth-order valence-corrected chi connectivity index (χ4v) is 3.87. The number of aromatic nitrogens is 4. The summed E-state index contributed by atoms with van der Waals surface area (Å²) in [5, 5.41) is 4.00.